The van der Waals surface area contributed by atoms with Gasteiger partial charge in [-0.1, -0.05) is 12.1 Å². The van der Waals surface area contributed by atoms with E-state index in [0.29, 0.717) is 10.6 Å². The molecule has 0 saturated carbocycles. The fourth-order valence-electron chi connectivity index (χ4n) is 1.26. The Morgan fingerprint density at radius 2 is 2.11 bits per heavy atom. The molecule has 0 spiro atoms. The van der Waals surface area contributed by atoms with Crippen LogP contribution < -0.4 is 5.73 Å². The van der Waals surface area contributed by atoms with Crippen LogP contribution in [0.25, 0.3) is 0 Å². The molecule has 3 nitrogen and oxygen atoms in total. The number of aliphatic carboxylic acids is 1. The van der Waals surface area contributed by atoms with Crippen molar-refractivity contribution in [3.63, 3.8) is 0 Å². The van der Waals surface area contributed by atoms with E-state index < -0.39 is 23.8 Å². The Hall–Kier alpha value is -1.37. The highest BCUT2D eigenvalue weighted by Gasteiger charge is 2.44. The van der Waals surface area contributed by atoms with Crippen molar-refractivity contribution in [1.29, 1.82) is 0 Å². The first-order valence-corrected chi connectivity index (χ1v) is 5.99. The maximum atomic E-state index is 12.4. The van der Waals surface area contributed by atoms with E-state index in [1.807, 2.05) is 0 Å². The van der Waals surface area contributed by atoms with E-state index in [1.165, 1.54) is 0 Å². The average molecular weight is 279 g/mol. The zero-order valence-corrected chi connectivity index (χ0v) is 10.3. The van der Waals surface area contributed by atoms with Gasteiger partial charge in [-0.2, -0.15) is 13.2 Å². The number of carbonyl (C=O) groups is 1. The van der Waals surface area contributed by atoms with E-state index in [2.05, 4.69) is 0 Å². The van der Waals surface area contributed by atoms with Crippen LogP contribution in [0.3, 0.4) is 0 Å². The Bertz CT molecular complexity index is 448. The van der Waals surface area contributed by atoms with Gasteiger partial charge in [-0.3, -0.25) is 4.79 Å². The molecule has 0 radical (unpaired) electrons. The van der Waals surface area contributed by atoms with E-state index in [4.69, 9.17) is 10.8 Å². The van der Waals surface area contributed by atoms with E-state index >= 15 is 0 Å². The summed E-state index contributed by atoms with van der Waals surface area (Å²) in [6, 6.07) is 4.97. The summed E-state index contributed by atoms with van der Waals surface area (Å²) in [5.41, 5.74) is 6.84. The minimum absolute atomic E-state index is 0.383. The Morgan fingerprint density at radius 1 is 1.50 bits per heavy atom. The molecule has 7 heteroatoms. The molecule has 1 aromatic carbocycles. The monoisotopic (exact) mass is 279 g/mol. The summed E-state index contributed by atoms with van der Waals surface area (Å²) in [4.78, 5) is 11.0. The van der Waals surface area contributed by atoms with Gasteiger partial charge in [0.2, 0.25) is 0 Å². The SMILES string of the molecule is Cc1cccc(SCC(C(=O)O)C(F)(F)F)c1N. The van der Waals surface area contributed by atoms with Crippen LogP contribution >= 0.6 is 11.8 Å². The average Bonchev–Trinajstić information content (AvgIpc) is 2.22. The lowest BCUT2D eigenvalue weighted by molar-refractivity contribution is -0.188. The molecule has 0 aliphatic carbocycles. The molecule has 0 aliphatic heterocycles. The Labute approximate surface area is 106 Å². The third-order valence-electron chi connectivity index (χ3n) is 2.38. The zero-order chi connectivity index (χ0) is 13.9. The molecule has 0 saturated heterocycles. The number of nitrogens with two attached hydrogens (primary N) is 1. The van der Waals surface area contributed by atoms with Gasteiger partial charge in [0.15, 0.2) is 5.92 Å². The second-order valence-electron chi connectivity index (χ2n) is 3.73. The Balaban J connectivity index is 2.80. The molecule has 0 fully saturated rings. The molecule has 100 valence electrons. The molecule has 3 N–H and O–H groups in total. The van der Waals surface area contributed by atoms with Gasteiger partial charge in [0, 0.05) is 16.3 Å². The molecule has 0 amide bonds. The van der Waals surface area contributed by atoms with Crippen LogP contribution in [0.1, 0.15) is 5.56 Å². The predicted octanol–water partition coefficient (Wildman–Crippen LogP) is 2.93. The molecule has 1 atom stereocenters. The highest BCUT2D eigenvalue weighted by atomic mass is 32.2. The molecule has 1 unspecified atom stereocenters. The van der Waals surface area contributed by atoms with Crippen LogP contribution in [-0.4, -0.2) is 23.0 Å². The predicted molar refractivity (Wildman–Crippen MR) is 63.5 cm³/mol. The lowest BCUT2D eigenvalue weighted by atomic mass is 10.2. The third kappa shape index (κ3) is 3.56. The van der Waals surface area contributed by atoms with Crippen molar-refractivity contribution in [2.24, 2.45) is 5.92 Å². The molecular formula is C11H12F3NO2S. The molecule has 0 heterocycles. The van der Waals surface area contributed by atoms with Crippen LogP contribution in [-0.2, 0) is 4.79 Å². The summed E-state index contributed by atoms with van der Waals surface area (Å²) in [6.45, 7) is 1.73. The van der Waals surface area contributed by atoms with E-state index in [0.717, 1.165) is 17.3 Å². The van der Waals surface area contributed by atoms with Crippen LogP contribution in [0.15, 0.2) is 23.1 Å². The van der Waals surface area contributed by atoms with Gasteiger partial charge in [-0.15, -0.1) is 11.8 Å². The van der Waals surface area contributed by atoms with Gasteiger partial charge in [-0.25, -0.2) is 0 Å². The Morgan fingerprint density at radius 3 is 2.61 bits per heavy atom. The molecule has 0 aliphatic rings. The standard InChI is InChI=1S/C11H12F3NO2S/c1-6-3-2-4-8(9(6)15)18-5-7(10(16)17)11(12,13)14/h2-4,7H,5,15H2,1H3,(H,16,17). The van der Waals surface area contributed by atoms with E-state index in [9.17, 15) is 18.0 Å². The van der Waals surface area contributed by atoms with Crippen LogP contribution in [0, 0.1) is 12.8 Å². The summed E-state index contributed by atoms with van der Waals surface area (Å²) in [6.07, 6.45) is -4.75. The number of hydrogen-bond donors (Lipinski definition) is 2. The number of thioether (sulfide) groups is 1. The first-order valence-electron chi connectivity index (χ1n) is 5.01. The number of hydrogen-bond acceptors (Lipinski definition) is 3. The number of carboxylic acid groups (broad SMARTS) is 1. The summed E-state index contributed by atoms with van der Waals surface area (Å²) in [5.74, 6) is -4.85. The van der Waals surface area contributed by atoms with Crippen LogP contribution in [0.5, 0.6) is 0 Å². The topological polar surface area (TPSA) is 63.3 Å². The number of rotatable bonds is 4. The smallest absolute Gasteiger partial charge is 0.403 e. The summed E-state index contributed by atoms with van der Waals surface area (Å²) < 4.78 is 37.3. The fourth-order valence-corrected chi connectivity index (χ4v) is 2.43. The number of nitrogen functional groups attached to an aromatic ring is 1. The van der Waals surface area contributed by atoms with Crippen LogP contribution in [0.4, 0.5) is 18.9 Å². The highest BCUT2D eigenvalue weighted by Crippen LogP contribution is 2.34. The largest absolute Gasteiger partial charge is 0.481 e. The van der Waals surface area contributed by atoms with Crippen molar-refractivity contribution in [2.75, 3.05) is 11.5 Å². The van der Waals surface area contributed by atoms with Crippen molar-refractivity contribution < 1.29 is 23.1 Å². The zero-order valence-electron chi connectivity index (χ0n) is 9.49. The number of carboxylic acids is 1. The highest BCUT2D eigenvalue weighted by molar-refractivity contribution is 7.99. The number of benzene rings is 1. The van der Waals surface area contributed by atoms with Gasteiger partial charge in [0.1, 0.15) is 0 Å². The molecule has 0 aromatic heterocycles. The van der Waals surface area contributed by atoms with Crippen LogP contribution in [0.2, 0.25) is 0 Å². The number of halogens is 3. The first kappa shape index (κ1) is 14.7. The summed E-state index contributed by atoms with van der Waals surface area (Å²) in [7, 11) is 0. The maximum absolute atomic E-state index is 12.4. The lowest BCUT2D eigenvalue weighted by Crippen LogP contribution is -2.32. The second kappa shape index (κ2) is 5.51. The first-order chi connectivity index (χ1) is 8.23. The number of aryl methyl sites for hydroxylation is 1. The molecule has 0 bridgehead atoms. The van der Waals surface area contributed by atoms with E-state index in [1.54, 1.807) is 25.1 Å². The number of alkyl halides is 3. The minimum atomic E-state index is -4.75. The van der Waals surface area contributed by atoms with Crippen molar-refractivity contribution >= 4 is 23.4 Å². The van der Waals surface area contributed by atoms with Gasteiger partial charge in [-0.05, 0) is 18.6 Å². The fraction of sp³-hybridized carbons (Fsp3) is 0.364. The van der Waals surface area contributed by atoms with E-state index in [-0.39, 0.29) is 0 Å². The van der Waals surface area contributed by atoms with Gasteiger partial charge < -0.3 is 10.8 Å². The molecular weight excluding hydrogens is 267 g/mol. The van der Waals surface area contributed by atoms with Crippen molar-refractivity contribution in [2.45, 2.75) is 18.0 Å². The van der Waals surface area contributed by atoms with Gasteiger partial charge >= 0.3 is 12.1 Å². The van der Waals surface area contributed by atoms with Crippen molar-refractivity contribution in [3.05, 3.63) is 23.8 Å². The molecule has 1 aromatic rings. The normalized spacial score (nSPS) is 13.3. The molecule has 1 rings (SSSR count). The van der Waals surface area contributed by atoms with Crippen molar-refractivity contribution in [1.82, 2.24) is 0 Å². The second-order valence-corrected chi connectivity index (χ2v) is 4.79. The quantitative estimate of drug-likeness (QED) is 0.657. The summed E-state index contributed by atoms with van der Waals surface area (Å²) >= 11 is 0.799. The molecule has 18 heavy (non-hydrogen) atoms. The number of para-hydroxylation sites is 1. The lowest BCUT2D eigenvalue weighted by Gasteiger charge is -2.16. The number of anilines is 1. The maximum Gasteiger partial charge on any atom is 0.403 e. The minimum Gasteiger partial charge on any atom is -0.481 e. The summed E-state index contributed by atoms with van der Waals surface area (Å²) in [5, 5.41) is 8.55. The van der Waals surface area contributed by atoms with Gasteiger partial charge in [0.25, 0.3) is 0 Å². The van der Waals surface area contributed by atoms with Gasteiger partial charge in [0.05, 0.1) is 0 Å². The third-order valence-corrected chi connectivity index (χ3v) is 3.55. The van der Waals surface area contributed by atoms with Crippen molar-refractivity contribution in [3.8, 4) is 0 Å². The Kier molecular flexibility index (Phi) is 4.50.